The van der Waals surface area contributed by atoms with Crippen LogP contribution in [-0.4, -0.2) is 22.4 Å². The van der Waals surface area contributed by atoms with Crippen molar-refractivity contribution in [3.63, 3.8) is 0 Å². The average Bonchev–Trinajstić information content (AvgIpc) is 2.88. The highest BCUT2D eigenvalue weighted by Crippen LogP contribution is 2.18. The van der Waals surface area contributed by atoms with Gasteiger partial charge in [-0.05, 0) is 31.9 Å². The number of aromatic nitrogens is 2. The minimum Gasteiger partial charge on any atom is -0.314 e. The quantitative estimate of drug-likeness (QED) is 0.736. The molecule has 0 aromatic carbocycles. The molecular formula is C16H31N3. The summed E-state index contributed by atoms with van der Waals surface area (Å²) in [5, 5.41) is 8.37. The molecule has 1 rings (SSSR count). The predicted octanol–water partition coefficient (Wildman–Crippen LogP) is 3.81. The molecule has 19 heavy (non-hydrogen) atoms. The second kappa shape index (κ2) is 8.36. The zero-order valence-electron chi connectivity index (χ0n) is 13.3. The average molecular weight is 265 g/mol. The predicted molar refractivity (Wildman–Crippen MR) is 82.5 cm³/mol. The first kappa shape index (κ1) is 16.2. The van der Waals surface area contributed by atoms with Crippen LogP contribution in [0.15, 0.2) is 12.3 Å². The van der Waals surface area contributed by atoms with Crippen molar-refractivity contribution in [1.82, 2.24) is 15.1 Å². The molecule has 1 aromatic heterocycles. The molecule has 1 aromatic rings. The molecule has 2 unspecified atom stereocenters. The van der Waals surface area contributed by atoms with Crippen LogP contribution in [0.25, 0.3) is 0 Å². The van der Waals surface area contributed by atoms with Gasteiger partial charge in [-0.25, -0.2) is 0 Å². The fourth-order valence-electron chi connectivity index (χ4n) is 2.67. The lowest BCUT2D eigenvalue weighted by Crippen LogP contribution is -2.37. The Morgan fingerprint density at radius 2 is 1.84 bits per heavy atom. The number of nitrogens with one attached hydrogen (secondary N) is 1. The molecule has 0 fully saturated rings. The SMILES string of the molecule is CCNC(Cc1ccn(C(C)CC)n1)C(CC)CC. The molecule has 0 aliphatic carbocycles. The summed E-state index contributed by atoms with van der Waals surface area (Å²) in [6.07, 6.45) is 6.77. The number of hydrogen-bond acceptors (Lipinski definition) is 2. The first-order chi connectivity index (χ1) is 9.15. The molecule has 2 atom stereocenters. The highest BCUT2D eigenvalue weighted by atomic mass is 15.3. The van der Waals surface area contributed by atoms with Gasteiger partial charge in [0.2, 0.25) is 0 Å². The minimum atomic E-state index is 0.500. The van der Waals surface area contributed by atoms with Crippen molar-refractivity contribution in [2.24, 2.45) is 5.92 Å². The van der Waals surface area contributed by atoms with E-state index in [1.54, 1.807) is 0 Å². The summed E-state index contributed by atoms with van der Waals surface area (Å²) < 4.78 is 2.10. The van der Waals surface area contributed by atoms with Gasteiger partial charge in [0.05, 0.1) is 5.69 Å². The van der Waals surface area contributed by atoms with Gasteiger partial charge >= 0.3 is 0 Å². The van der Waals surface area contributed by atoms with Crippen LogP contribution < -0.4 is 5.32 Å². The van der Waals surface area contributed by atoms with Crippen LogP contribution >= 0.6 is 0 Å². The van der Waals surface area contributed by atoms with E-state index in [1.807, 2.05) is 0 Å². The van der Waals surface area contributed by atoms with Crippen LogP contribution in [0.1, 0.15) is 65.6 Å². The summed E-state index contributed by atoms with van der Waals surface area (Å²) in [5.41, 5.74) is 1.22. The minimum absolute atomic E-state index is 0.500. The van der Waals surface area contributed by atoms with Crippen LogP contribution in [-0.2, 0) is 6.42 Å². The topological polar surface area (TPSA) is 29.9 Å². The summed E-state index contributed by atoms with van der Waals surface area (Å²) in [4.78, 5) is 0. The van der Waals surface area contributed by atoms with Crippen LogP contribution in [0.2, 0.25) is 0 Å². The van der Waals surface area contributed by atoms with Gasteiger partial charge in [-0.2, -0.15) is 5.10 Å². The first-order valence-electron chi connectivity index (χ1n) is 7.93. The van der Waals surface area contributed by atoms with E-state index in [2.05, 4.69) is 56.9 Å². The van der Waals surface area contributed by atoms with Crippen LogP contribution in [0, 0.1) is 5.92 Å². The Kier molecular flexibility index (Phi) is 7.14. The number of rotatable bonds is 9. The van der Waals surface area contributed by atoms with Crippen LogP contribution in [0.5, 0.6) is 0 Å². The molecular weight excluding hydrogens is 234 g/mol. The largest absolute Gasteiger partial charge is 0.314 e. The normalized spacial score (nSPS) is 14.8. The van der Waals surface area contributed by atoms with Gasteiger partial charge in [0, 0.05) is 24.7 Å². The van der Waals surface area contributed by atoms with Crippen molar-refractivity contribution in [3.8, 4) is 0 Å². The second-order valence-corrected chi connectivity index (χ2v) is 5.49. The lowest BCUT2D eigenvalue weighted by atomic mass is 9.91. The number of nitrogens with zero attached hydrogens (tertiary/aromatic N) is 2. The third-order valence-corrected chi connectivity index (χ3v) is 4.22. The highest BCUT2D eigenvalue weighted by molar-refractivity contribution is 5.03. The van der Waals surface area contributed by atoms with Crippen molar-refractivity contribution >= 4 is 0 Å². The maximum Gasteiger partial charge on any atom is 0.0640 e. The van der Waals surface area contributed by atoms with E-state index in [4.69, 9.17) is 5.10 Å². The molecule has 1 heterocycles. The standard InChI is InChI=1S/C16H31N3/c1-6-13(5)19-11-10-15(18-19)12-16(17-9-4)14(7-2)8-3/h10-11,13-14,16-17H,6-9,12H2,1-5H3. The highest BCUT2D eigenvalue weighted by Gasteiger charge is 2.19. The Morgan fingerprint density at radius 1 is 1.16 bits per heavy atom. The van der Waals surface area contributed by atoms with E-state index in [-0.39, 0.29) is 0 Å². The molecule has 0 spiro atoms. The molecule has 3 heteroatoms. The van der Waals surface area contributed by atoms with Gasteiger partial charge in [-0.3, -0.25) is 4.68 Å². The smallest absolute Gasteiger partial charge is 0.0640 e. The van der Waals surface area contributed by atoms with Gasteiger partial charge in [-0.1, -0.05) is 40.5 Å². The molecule has 3 nitrogen and oxygen atoms in total. The Bertz CT molecular complexity index is 342. The monoisotopic (exact) mass is 265 g/mol. The molecule has 0 saturated heterocycles. The Hall–Kier alpha value is -0.830. The van der Waals surface area contributed by atoms with E-state index < -0.39 is 0 Å². The lowest BCUT2D eigenvalue weighted by Gasteiger charge is -2.25. The van der Waals surface area contributed by atoms with E-state index in [9.17, 15) is 0 Å². The zero-order chi connectivity index (χ0) is 14.3. The van der Waals surface area contributed by atoms with Gasteiger partial charge in [-0.15, -0.1) is 0 Å². The van der Waals surface area contributed by atoms with Gasteiger partial charge in [0.25, 0.3) is 0 Å². The molecule has 0 saturated carbocycles. The fraction of sp³-hybridized carbons (Fsp3) is 0.812. The zero-order valence-corrected chi connectivity index (χ0v) is 13.3. The van der Waals surface area contributed by atoms with Gasteiger partial charge in [0.1, 0.15) is 0 Å². The third-order valence-electron chi connectivity index (χ3n) is 4.22. The Labute approximate surface area is 118 Å². The summed E-state index contributed by atoms with van der Waals surface area (Å²) in [5.74, 6) is 0.744. The molecule has 0 aliphatic heterocycles. The van der Waals surface area contributed by atoms with E-state index in [0.29, 0.717) is 12.1 Å². The molecule has 0 radical (unpaired) electrons. The van der Waals surface area contributed by atoms with Crippen LogP contribution in [0.3, 0.4) is 0 Å². The maximum atomic E-state index is 4.73. The van der Waals surface area contributed by atoms with E-state index >= 15 is 0 Å². The molecule has 0 bridgehead atoms. The number of likely N-dealkylation sites (N-methyl/N-ethyl adjacent to an activating group) is 1. The molecule has 0 amide bonds. The van der Waals surface area contributed by atoms with E-state index in [1.165, 1.54) is 18.5 Å². The second-order valence-electron chi connectivity index (χ2n) is 5.49. The van der Waals surface area contributed by atoms with Crippen molar-refractivity contribution < 1.29 is 0 Å². The van der Waals surface area contributed by atoms with Gasteiger partial charge < -0.3 is 5.32 Å². The maximum absolute atomic E-state index is 4.73. The fourth-order valence-corrected chi connectivity index (χ4v) is 2.67. The first-order valence-corrected chi connectivity index (χ1v) is 7.93. The molecule has 1 N–H and O–H groups in total. The van der Waals surface area contributed by atoms with E-state index in [0.717, 1.165) is 25.3 Å². The summed E-state index contributed by atoms with van der Waals surface area (Å²) in [6.45, 7) is 12.2. The van der Waals surface area contributed by atoms with Crippen molar-refractivity contribution in [1.29, 1.82) is 0 Å². The van der Waals surface area contributed by atoms with Crippen molar-refractivity contribution in [3.05, 3.63) is 18.0 Å². The lowest BCUT2D eigenvalue weighted by molar-refractivity contribution is 0.333. The third kappa shape index (κ3) is 4.64. The van der Waals surface area contributed by atoms with Crippen LogP contribution in [0.4, 0.5) is 0 Å². The summed E-state index contributed by atoms with van der Waals surface area (Å²) in [6, 6.07) is 3.23. The number of hydrogen-bond donors (Lipinski definition) is 1. The molecule has 0 aliphatic rings. The molecule has 110 valence electrons. The Balaban J connectivity index is 2.70. The summed E-state index contributed by atoms with van der Waals surface area (Å²) in [7, 11) is 0. The van der Waals surface area contributed by atoms with Crippen molar-refractivity contribution in [2.75, 3.05) is 6.54 Å². The van der Waals surface area contributed by atoms with Crippen molar-refractivity contribution in [2.45, 2.75) is 72.4 Å². The summed E-state index contributed by atoms with van der Waals surface area (Å²) >= 11 is 0. The van der Waals surface area contributed by atoms with Gasteiger partial charge in [0.15, 0.2) is 0 Å². The Morgan fingerprint density at radius 3 is 2.37 bits per heavy atom.